The normalized spacial score (nSPS) is 12.2. The van der Waals surface area contributed by atoms with E-state index in [1.807, 2.05) is 13.0 Å². The number of nitrogens with zero attached hydrogens (tertiary/aromatic N) is 1. The van der Waals surface area contributed by atoms with Crippen LogP contribution in [0.1, 0.15) is 49.8 Å². The smallest absolute Gasteiger partial charge is 0.238 e. The van der Waals surface area contributed by atoms with Crippen LogP contribution in [0.5, 0.6) is 0 Å². The lowest BCUT2D eigenvalue weighted by molar-refractivity contribution is 0.597. The summed E-state index contributed by atoms with van der Waals surface area (Å²) in [5.74, 6) is 1.26. The largest absolute Gasteiger partial charge is 0.357 e. The van der Waals surface area contributed by atoms with Gasteiger partial charge in [-0.1, -0.05) is 50.2 Å². The third-order valence-corrected chi connectivity index (χ3v) is 5.48. The number of aliphatic imine (C=N–C) groups is 1. The van der Waals surface area contributed by atoms with E-state index in [1.165, 1.54) is 17.2 Å². The topological polar surface area (TPSA) is 96.6 Å². The van der Waals surface area contributed by atoms with Gasteiger partial charge in [0.1, 0.15) is 0 Å². The molecular weight excluding hydrogens is 384 g/mol. The number of benzene rings is 2. The van der Waals surface area contributed by atoms with Crippen LogP contribution in [0.3, 0.4) is 0 Å². The fourth-order valence-electron chi connectivity index (χ4n) is 2.90. The second kappa shape index (κ2) is 11.0. The quantitative estimate of drug-likeness (QED) is 0.332. The summed E-state index contributed by atoms with van der Waals surface area (Å²) in [5.41, 5.74) is 3.48. The molecule has 2 aromatic carbocycles. The molecule has 0 spiro atoms. The standard InChI is InChI=1S/C22H32N4O2S/c1-4-24-22(26-16-19-7-5-9-21(15-19)29(23,27)28)25-14-6-8-18-10-12-20(13-11-18)17(2)3/h5,7,9-13,15,17H,4,6,8,14,16H2,1-3H3,(H2,23,27,28)(H2,24,25,26). The van der Waals surface area contributed by atoms with Gasteiger partial charge in [-0.25, -0.2) is 18.5 Å². The summed E-state index contributed by atoms with van der Waals surface area (Å²) in [5, 5.41) is 11.7. The zero-order valence-electron chi connectivity index (χ0n) is 17.5. The number of nitrogens with two attached hydrogens (primary N) is 1. The van der Waals surface area contributed by atoms with Crippen molar-refractivity contribution in [2.75, 3.05) is 13.1 Å². The third kappa shape index (κ3) is 7.87. The van der Waals surface area contributed by atoms with Gasteiger partial charge in [0.05, 0.1) is 11.4 Å². The van der Waals surface area contributed by atoms with Crippen molar-refractivity contribution in [1.82, 2.24) is 10.6 Å². The highest BCUT2D eigenvalue weighted by Gasteiger charge is 2.08. The van der Waals surface area contributed by atoms with Crippen LogP contribution in [0.15, 0.2) is 58.4 Å². The first-order chi connectivity index (χ1) is 13.8. The fourth-order valence-corrected chi connectivity index (χ4v) is 3.49. The van der Waals surface area contributed by atoms with Gasteiger partial charge in [0, 0.05) is 13.1 Å². The number of hydrogen-bond acceptors (Lipinski definition) is 3. The number of guanidine groups is 1. The van der Waals surface area contributed by atoms with Crippen LogP contribution < -0.4 is 15.8 Å². The Bertz CT molecular complexity index is 907. The SMILES string of the molecule is CCNC(=NCc1cccc(S(N)(=O)=O)c1)NCCCc1ccc(C(C)C)cc1. The van der Waals surface area contributed by atoms with Gasteiger partial charge in [-0.05, 0) is 54.5 Å². The molecule has 29 heavy (non-hydrogen) atoms. The molecule has 2 rings (SSSR count). The maximum atomic E-state index is 11.5. The molecule has 158 valence electrons. The van der Waals surface area contributed by atoms with E-state index < -0.39 is 10.0 Å². The van der Waals surface area contributed by atoms with Crippen LogP contribution in [0.25, 0.3) is 0 Å². The van der Waals surface area contributed by atoms with Crippen molar-refractivity contribution in [2.45, 2.75) is 51.0 Å². The Hall–Kier alpha value is -2.38. The summed E-state index contributed by atoms with van der Waals surface area (Å²) < 4.78 is 23.0. The number of rotatable bonds is 9. The van der Waals surface area contributed by atoms with Gasteiger partial charge in [0.25, 0.3) is 0 Å². The lowest BCUT2D eigenvalue weighted by Crippen LogP contribution is -2.37. The number of aryl methyl sites for hydroxylation is 1. The highest BCUT2D eigenvalue weighted by atomic mass is 32.2. The number of sulfonamides is 1. The van der Waals surface area contributed by atoms with Gasteiger partial charge in [-0.15, -0.1) is 0 Å². The summed E-state index contributed by atoms with van der Waals surface area (Å²) in [6, 6.07) is 15.4. The zero-order chi connectivity index (χ0) is 21.3. The third-order valence-electron chi connectivity index (χ3n) is 4.57. The van der Waals surface area contributed by atoms with E-state index in [0.717, 1.165) is 31.5 Å². The van der Waals surface area contributed by atoms with Crippen molar-refractivity contribution >= 4 is 16.0 Å². The molecule has 0 aliphatic carbocycles. The molecule has 0 saturated heterocycles. The predicted molar refractivity (Wildman–Crippen MR) is 119 cm³/mol. The summed E-state index contributed by atoms with van der Waals surface area (Å²) in [7, 11) is -3.71. The molecule has 0 radical (unpaired) electrons. The summed E-state index contributed by atoms with van der Waals surface area (Å²) in [6.45, 7) is 8.33. The zero-order valence-corrected chi connectivity index (χ0v) is 18.3. The van der Waals surface area contributed by atoms with Crippen LogP contribution >= 0.6 is 0 Å². The molecule has 0 amide bonds. The molecule has 0 heterocycles. The molecule has 0 fully saturated rings. The Labute approximate surface area is 174 Å². The van der Waals surface area contributed by atoms with E-state index in [-0.39, 0.29) is 4.90 Å². The highest BCUT2D eigenvalue weighted by Crippen LogP contribution is 2.15. The van der Waals surface area contributed by atoms with E-state index in [9.17, 15) is 8.42 Å². The molecule has 6 nitrogen and oxygen atoms in total. The van der Waals surface area contributed by atoms with Crippen LogP contribution in [0.4, 0.5) is 0 Å². The lowest BCUT2D eigenvalue weighted by Gasteiger charge is -2.12. The van der Waals surface area contributed by atoms with Crippen LogP contribution in [0, 0.1) is 0 Å². The molecule has 0 saturated carbocycles. The van der Waals surface area contributed by atoms with Crippen molar-refractivity contribution in [1.29, 1.82) is 0 Å². The molecule has 0 aromatic heterocycles. The van der Waals surface area contributed by atoms with Gasteiger partial charge in [0.15, 0.2) is 5.96 Å². The number of hydrogen-bond donors (Lipinski definition) is 3. The molecule has 0 bridgehead atoms. The molecule has 7 heteroatoms. The Morgan fingerprint density at radius 2 is 1.79 bits per heavy atom. The average Bonchev–Trinajstić information content (AvgIpc) is 2.69. The second-order valence-corrected chi connectivity index (χ2v) is 8.88. The van der Waals surface area contributed by atoms with Gasteiger partial charge in [-0.3, -0.25) is 0 Å². The van der Waals surface area contributed by atoms with E-state index in [2.05, 4.69) is 53.7 Å². The van der Waals surface area contributed by atoms with Gasteiger partial charge < -0.3 is 10.6 Å². The molecule has 0 unspecified atom stereocenters. The Balaban J connectivity index is 1.87. The number of primary sulfonamides is 1. The van der Waals surface area contributed by atoms with Crippen LogP contribution in [-0.2, 0) is 23.0 Å². The Morgan fingerprint density at radius 3 is 2.41 bits per heavy atom. The Morgan fingerprint density at radius 1 is 1.07 bits per heavy atom. The van der Waals surface area contributed by atoms with Crippen molar-refractivity contribution < 1.29 is 8.42 Å². The van der Waals surface area contributed by atoms with Gasteiger partial charge >= 0.3 is 0 Å². The van der Waals surface area contributed by atoms with Crippen molar-refractivity contribution in [3.63, 3.8) is 0 Å². The summed E-state index contributed by atoms with van der Waals surface area (Å²) >= 11 is 0. The van der Waals surface area contributed by atoms with Crippen molar-refractivity contribution in [3.05, 3.63) is 65.2 Å². The summed E-state index contributed by atoms with van der Waals surface area (Å²) in [4.78, 5) is 4.64. The van der Waals surface area contributed by atoms with E-state index in [1.54, 1.807) is 12.1 Å². The molecular formula is C22H32N4O2S. The highest BCUT2D eigenvalue weighted by molar-refractivity contribution is 7.89. The lowest BCUT2D eigenvalue weighted by atomic mass is 10.0. The van der Waals surface area contributed by atoms with Crippen LogP contribution in [0.2, 0.25) is 0 Å². The number of nitrogens with one attached hydrogen (secondary N) is 2. The molecule has 2 aromatic rings. The van der Waals surface area contributed by atoms with E-state index in [0.29, 0.717) is 18.4 Å². The minimum atomic E-state index is -3.71. The van der Waals surface area contributed by atoms with Crippen LogP contribution in [-0.4, -0.2) is 27.5 Å². The Kier molecular flexibility index (Phi) is 8.67. The van der Waals surface area contributed by atoms with Gasteiger partial charge in [0.2, 0.25) is 10.0 Å². The minimum Gasteiger partial charge on any atom is -0.357 e. The summed E-state index contributed by atoms with van der Waals surface area (Å²) in [6.07, 6.45) is 1.99. The maximum Gasteiger partial charge on any atom is 0.238 e. The van der Waals surface area contributed by atoms with E-state index >= 15 is 0 Å². The first-order valence-electron chi connectivity index (χ1n) is 10.0. The first-order valence-corrected chi connectivity index (χ1v) is 11.6. The molecule has 4 N–H and O–H groups in total. The second-order valence-electron chi connectivity index (χ2n) is 7.31. The molecule has 0 aliphatic rings. The van der Waals surface area contributed by atoms with Crippen molar-refractivity contribution in [2.24, 2.45) is 10.1 Å². The maximum absolute atomic E-state index is 11.5. The fraction of sp³-hybridized carbons (Fsp3) is 0.409. The van der Waals surface area contributed by atoms with Crippen molar-refractivity contribution in [3.8, 4) is 0 Å². The minimum absolute atomic E-state index is 0.103. The van der Waals surface area contributed by atoms with Gasteiger partial charge in [-0.2, -0.15) is 0 Å². The average molecular weight is 417 g/mol. The predicted octanol–water partition coefficient (Wildman–Crippen LogP) is 3.15. The first kappa shape index (κ1) is 22.9. The molecule has 0 atom stereocenters. The monoisotopic (exact) mass is 416 g/mol. The van der Waals surface area contributed by atoms with E-state index in [4.69, 9.17) is 5.14 Å². The molecule has 0 aliphatic heterocycles.